The Hall–Kier alpha value is -1.54. The van der Waals surface area contributed by atoms with E-state index in [2.05, 4.69) is 4.42 Å². The van der Waals surface area contributed by atoms with Crippen molar-refractivity contribution < 1.29 is 35.2 Å². The van der Waals surface area contributed by atoms with Crippen molar-refractivity contribution in [3.63, 3.8) is 0 Å². The summed E-state index contributed by atoms with van der Waals surface area (Å²) in [6.07, 6.45) is -6.09. The molecule has 1 rings (SSSR count). The van der Waals surface area contributed by atoms with Crippen LogP contribution in [0.5, 0.6) is 0 Å². The van der Waals surface area contributed by atoms with E-state index in [1.807, 2.05) is 0 Å². The largest absolute Gasteiger partial charge is 0.462 e. The third kappa shape index (κ3) is 2.08. The van der Waals surface area contributed by atoms with Crippen molar-refractivity contribution in [2.75, 3.05) is 0 Å². The Kier molecular flexibility index (Phi) is 3.22. The molecule has 0 N–H and O–H groups in total. The Balaban J connectivity index is 3.37. The smallest absolute Gasteiger partial charge is 0.460 e. The van der Waals surface area contributed by atoms with E-state index in [1.54, 1.807) is 0 Å². The normalized spacial score (nSPS) is 13.8. The van der Waals surface area contributed by atoms with Gasteiger partial charge in [0.15, 0.2) is 11.2 Å². The van der Waals surface area contributed by atoms with Gasteiger partial charge in [-0.3, -0.25) is 4.79 Å². The molecule has 0 unspecified atom stereocenters. The highest BCUT2D eigenvalue weighted by Crippen LogP contribution is 2.51. The maximum Gasteiger partial charge on any atom is 0.460 e. The van der Waals surface area contributed by atoms with Gasteiger partial charge in [-0.1, -0.05) is 0 Å². The molecule has 0 spiro atoms. The molecule has 0 aromatic carbocycles. The maximum absolute atomic E-state index is 13.0. The summed E-state index contributed by atoms with van der Waals surface area (Å²) in [7, 11) is 0. The summed E-state index contributed by atoms with van der Waals surface area (Å²) in [5.74, 6) is -14.1. The Morgan fingerprint density at radius 3 is 1.94 bits per heavy atom. The molecule has 1 heterocycles. The zero-order chi connectivity index (χ0) is 14.4. The summed E-state index contributed by atoms with van der Waals surface area (Å²) in [5.41, 5.74) is -1.33. The molecule has 2 nitrogen and oxygen atoms in total. The summed E-state index contributed by atoms with van der Waals surface area (Å²) in [5, 5.41) is 0. The number of hydrogen-bond donors (Lipinski definition) is 0. The van der Waals surface area contributed by atoms with Gasteiger partial charge < -0.3 is 4.42 Å². The molecule has 102 valence electrons. The highest BCUT2D eigenvalue weighted by atomic mass is 19.4. The van der Waals surface area contributed by atoms with Crippen LogP contribution in [-0.2, 0) is 5.92 Å². The second-order valence-corrected chi connectivity index (χ2v) is 3.44. The van der Waals surface area contributed by atoms with Crippen molar-refractivity contribution in [1.82, 2.24) is 0 Å². The lowest BCUT2D eigenvalue weighted by Gasteiger charge is -2.27. The fourth-order valence-corrected chi connectivity index (χ4v) is 0.974. The molecule has 0 aliphatic carbocycles. The second kappa shape index (κ2) is 3.99. The topological polar surface area (TPSA) is 30.2 Å². The number of alkyl halides is 7. The van der Waals surface area contributed by atoms with Crippen molar-refractivity contribution >= 4 is 0 Å². The monoisotopic (exact) mass is 278 g/mol. The van der Waals surface area contributed by atoms with E-state index < -0.39 is 29.2 Å². The molecule has 0 fully saturated rings. The number of halogens is 7. The molecule has 9 heteroatoms. The highest BCUT2D eigenvalue weighted by molar-refractivity contribution is 5.16. The van der Waals surface area contributed by atoms with Crippen LogP contribution < -0.4 is 5.43 Å². The molecule has 0 atom stereocenters. The van der Waals surface area contributed by atoms with E-state index in [0.29, 0.717) is 6.26 Å². The standard InChI is InChI=1S/C9H5F7O2/c1-4-3-18-6(2-5(4)17)7(10,11)8(12,13)9(14,15)16/h2-3H,1H3. The predicted molar refractivity (Wildman–Crippen MR) is 44.6 cm³/mol. The van der Waals surface area contributed by atoms with Gasteiger partial charge in [0.2, 0.25) is 0 Å². The number of hydrogen-bond acceptors (Lipinski definition) is 2. The van der Waals surface area contributed by atoms with Gasteiger partial charge in [0.05, 0.1) is 6.26 Å². The van der Waals surface area contributed by atoms with Gasteiger partial charge in [0.1, 0.15) is 0 Å². The van der Waals surface area contributed by atoms with E-state index in [1.165, 1.54) is 0 Å². The molecule has 18 heavy (non-hydrogen) atoms. The molecular weight excluding hydrogens is 273 g/mol. The average Bonchev–Trinajstić information content (AvgIpc) is 2.20. The Morgan fingerprint density at radius 1 is 1.06 bits per heavy atom. The Morgan fingerprint density at radius 2 is 1.56 bits per heavy atom. The fourth-order valence-electron chi connectivity index (χ4n) is 0.974. The number of rotatable bonds is 2. The molecule has 1 aromatic rings. The molecule has 0 radical (unpaired) electrons. The van der Waals surface area contributed by atoms with Crippen LogP contribution in [0.1, 0.15) is 11.3 Å². The van der Waals surface area contributed by atoms with Gasteiger partial charge in [0, 0.05) is 11.6 Å². The van der Waals surface area contributed by atoms with E-state index >= 15 is 0 Å². The van der Waals surface area contributed by atoms with Gasteiger partial charge in [-0.05, 0) is 6.92 Å². The minimum atomic E-state index is -6.47. The molecule has 0 aliphatic heterocycles. The molecule has 0 saturated carbocycles. The summed E-state index contributed by atoms with van der Waals surface area (Å²) < 4.78 is 90.7. The van der Waals surface area contributed by atoms with Crippen LogP contribution in [0.15, 0.2) is 21.5 Å². The lowest BCUT2D eigenvalue weighted by molar-refractivity contribution is -0.363. The van der Waals surface area contributed by atoms with Crippen molar-refractivity contribution in [2.24, 2.45) is 0 Å². The first-order valence-corrected chi connectivity index (χ1v) is 4.33. The Labute approximate surface area is 95.0 Å². The molecule has 0 saturated heterocycles. The maximum atomic E-state index is 13.0. The van der Waals surface area contributed by atoms with Gasteiger partial charge >= 0.3 is 18.0 Å². The van der Waals surface area contributed by atoms with Crippen molar-refractivity contribution in [2.45, 2.75) is 24.9 Å². The lowest BCUT2D eigenvalue weighted by atomic mass is 10.1. The predicted octanol–water partition coefficient (Wildman–Crippen LogP) is 3.24. The third-order valence-corrected chi connectivity index (χ3v) is 2.07. The first-order chi connectivity index (χ1) is 7.91. The van der Waals surface area contributed by atoms with E-state index in [4.69, 9.17) is 0 Å². The van der Waals surface area contributed by atoms with Crippen LogP contribution in [0.4, 0.5) is 30.7 Å². The van der Waals surface area contributed by atoms with Crippen molar-refractivity contribution in [1.29, 1.82) is 0 Å². The van der Waals surface area contributed by atoms with Gasteiger partial charge in [-0.2, -0.15) is 30.7 Å². The van der Waals surface area contributed by atoms with Crippen LogP contribution in [0, 0.1) is 6.92 Å². The van der Waals surface area contributed by atoms with Crippen LogP contribution in [0.2, 0.25) is 0 Å². The number of aryl methyl sites for hydroxylation is 1. The van der Waals surface area contributed by atoms with Crippen LogP contribution >= 0.6 is 0 Å². The van der Waals surface area contributed by atoms with E-state index in [9.17, 15) is 35.5 Å². The highest BCUT2D eigenvalue weighted by Gasteiger charge is 2.74. The molecular formula is C9H5F7O2. The molecule has 0 amide bonds. The summed E-state index contributed by atoms with van der Waals surface area (Å²) in [6.45, 7) is 1.12. The molecule has 0 aliphatic rings. The summed E-state index contributed by atoms with van der Waals surface area (Å²) >= 11 is 0. The average molecular weight is 278 g/mol. The fraction of sp³-hybridized carbons (Fsp3) is 0.444. The lowest BCUT2D eigenvalue weighted by Crippen LogP contribution is -2.50. The Bertz CT molecular complexity index is 500. The van der Waals surface area contributed by atoms with Crippen LogP contribution in [0.25, 0.3) is 0 Å². The SMILES string of the molecule is Cc1coc(C(F)(F)C(F)(F)C(F)(F)F)cc1=O. The second-order valence-electron chi connectivity index (χ2n) is 3.44. The first kappa shape index (κ1) is 14.5. The quantitative estimate of drug-likeness (QED) is 0.777. The van der Waals surface area contributed by atoms with Gasteiger partial charge in [0.25, 0.3) is 0 Å². The minimum Gasteiger partial charge on any atom is -0.462 e. The minimum absolute atomic E-state index is 0.0883. The van der Waals surface area contributed by atoms with Crippen LogP contribution in [-0.4, -0.2) is 12.1 Å². The summed E-state index contributed by atoms with van der Waals surface area (Å²) in [6, 6.07) is -0.0883. The van der Waals surface area contributed by atoms with Gasteiger partial charge in [-0.25, -0.2) is 0 Å². The van der Waals surface area contributed by atoms with Crippen LogP contribution in [0.3, 0.4) is 0 Å². The van der Waals surface area contributed by atoms with Crippen molar-refractivity contribution in [3.8, 4) is 0 Å². The molecule has 1 aromatic heterocycles. The zero-order valence-corrected chi connectivity index (χ0v) is 8.62. The van der Waals surface area contributed by atoms with Crippen molar-refractivity contribution in [3.05, 3.63) is 33.9 Å². The summed E-state index contributed by atoms with van der Waals surface area (Å²) in [4.78, 5) is 10.9. The first-order valence-electron chi connectivity index (χ1n) is 4.33. The molecule has 0 bridgehead atoms. The third-order valence-electron chi connectivity index (χ3n) is 2.07. The zero-order valence-electron chi connectivity index (χ0n) is 8.62. The van der Waals surface area contributed by atoms with E-state index in [-0.39, 0.29) is 11.6 Å². The van der Waals surface area contributed by atoms with Gasteiger partial charge in [-0.15, -0.1) is 0 Å². The van der Waals surface area contributed by atoms with E-state index in [0.717, 1.165) is 6.92 Å².